The number of guanidine groups is 1. The molecule has 2 N–H and O–H groups in total. The van der Waals surface area contributed by atoms with Crippen LogP contribution >= 0.6 is 15.9 Å². The molecule has 0 bridgehead atoms. The van der Waals surface area contributed by atoms with E-state index in [0.29, 0.717) is 19.1 Å². The molecule has 2 aromatic carbocycles. The van der Waals surface area contributed by atoms with Crippen molar-refractivity contribution >= 4 is 27.6 Å². The standard InChI is InChI=1S/C18H19BrN4O2/c19-15-5-1-13(2-6-15)11-20-18(22-16-7-8-16)21-12-14-3-9-17(10-4-14)23(24)25/h1-6,9-10,16H,7-8,11-12H2,(H2,20,21,22). The summed E-state index contributed by atoms with van der Waals surface area (Å²) in [7, 11) is 0. The van der Waals surface area contributed by atoms with Gasteiger partial charge in [0.2, 0.25) is 0 Å². The molecule has 1 aliphatic carbocycles. The van der Waals surface area contributed by atoms with E-state index < -0.39 is 4.92 Å². The molecule has 0 atom stereocenters. The quantitative estimate of drug-likeness (QED) is 0.333. The molecule has 25 heavy (non-hydrogen) atoms. The number of aliphatic imine (C=N–C) groups is 1. The lowest BCUT2D eigenvalue weighted by atomic mass is 10.2. The predicted octanol–water partition coefficient (Wildman–Crippen LogP) is 3.76. The molecule has 0 amide bonds. The number of non-ortho nitro benzene ring substituents is 1. The molecule has 1 saturated carbocycles. The lowest BCUT2D eigenvalue weighted by Gasteiger charge is -2.12. The molecule has 0 spiro atoms. The van der Waals surface area contributed by atoms with Gasteiger partial charge in [0.1, 0.15) is 0 Å². The Balaban J connectivity index is 1.60. The SMILES string of the molecule is O=[N+]([O-])c1ccc(CNC(=NCc2ccc(Br)cc2)NC2CC2)cc1. The molecule has 1 aliphatic rings. The Hall–Kier alpha value is -2.41. The summed E-state index contributed by atoms with van der Waals surface area (Å²) in [6, 6.07) is 15.1. The molecule has 6 nitrogen and oxygen atoms in total. The van der Waals surface area contributed by atoms with Gasteiger partial charge in [-0.3, -0.25) is 10.1 Å². The third-order valence-electron chi connectivity index (χ3n) is 3.86. The predicted molar refractivity (Wildman–Crippen MR) is 101 cm³/mol. The van der Waals surface area contributed by atoms with E-state index in [2.05, 4.69) is 31.6 Å². The van der Waals surface area contributed by atoms with Crippen LogP contribution in [-0.2, 0) is 13.1 Å². The highest BCUT2D eigenvalue weighted by molar-refractivity contribution is 9.10. The average molecular weight is 403 g/mol. The van der Waals surface area contributed by atoms with Crippen molar-refractivity contribution in [3.63, 3.8) is 0 Å². The molecule has 130 valence electrons. The zero-order valence-electron chi connectivity index (χ0n) is 13.6. The molecule has 1 fully saturated rings. The van der Waals surface area contributed by atoms with Crippen molar-refractivity contribution < 1.29 is 4.92 Å². The highest BCUT2D eigenvalue weighted by atomic mass is 79.9. The van der Waals surface area contributed by atoms with Crippen LogP contribution in [0.4, 0.5) is 5.69 Å². The van der Waals surface area contributed by atoms with Crippen LogP contribution in [0, 0.1) is 10.1 Å². The van der Waals surface area contributed by atoms with E-state index in [1.165, 1.54) is 12.1 Å². The van der Waals surface area contributed by atoms with Gasteiger partial charge in [-0.25, -0.2) is 4.99 Å². The Morgan fingerprint density at radius 2 is 1.76 bits per heavy atom. The molecular formula is C18H19BrN4O2. The molecule has 7 heteroatoms. The van der Waals surface area contributed by atoms with Gasteiger partial charge in [0.25, 0.3) is 5.69 Å². The minimum absolute atomic E-state index is 0.101. The first kappa shape index (κ1) is 17.4. The molecule has 0 radical (unpaired) electrons. The third-order valence-corrected chi connectivity index (χ3v) is 4.39. The van der Waals surface area contributed by atoms with Crippen molar-refractivity contribution in [3.05, 3.63) is 74.2 Å². The minimum atomic E-state index is -0.392. The number of rotatable bonds is 6. The van der Waals surface area contributed by atoms with E-state index in [1.807, 2.05) is 24.3 Å². The van der Waals surface area contributed by atoms with Gasteiger partial charge in [0.05, 0.1) is 11.5 Å². The van der Waals surface area contributed by atoms with E-state index in [4.69, 9.17) is 0 Å². The van der Waals surface area contributed by atoms with Crippen LogP contribution in [0.2, 0.25) is 0 Å². The zero-order valence-corrected chi connectivity index (χ0v) is 15.2. The van der Waals surface area contributed by atoms with Gasteiger partial charge in [-0.05, 0) is 36.1 Å². The second-order valence-corrected chi connectivity index (χ2v) is 6.90. The minimum Gasteiger partial charge on any atom is -0.354 e. The van der Waals surface area contributed by atoms with Crippen molar-refractivity contribution in [2.75, 3.05) is 0 Å². The van der Waals surface area contributed by atoms with Gasteiger partial charge in [-0.1, -0.05) is 40.2 Å². The first-order chi connectivity index (χ1) is 12.1. The van der Waals surface area contributed by atoms with E-state index in [9.17, 15) is 10.1 Å². The van der Waals surface area contributed by atoms with Crippen molar-refractivity contribution in [1.29, 1.82) is 0 Å². The average Bonchev–Trinajstić information content (AvgIpc) is 3.43. The third kappa shape index (κ3) is 5.56. The topological polar surface area (TPSA) is 79.6 Å². The number of nitro groups is 1. The number of halogens is 1. The second-order valence-electron chi connectivity index (χ2n) is 5.99. The molecule has 0 aromatic heterocycles. The summed E-state index contributed by atoms with van der Waals surface area (Å²) in [5, 5.41) is 17.4. The van der Waals surface area contributed by atoms with E-state index >= 15 is 0 Å². The van der Waals surface area contributed by atoms with Crippen molar-refractivity contribution in [1.82, 2.24) is 10.6 Å². The fraction of sp³-hybridized carbons (Fsp3) is 0.278. The lowest BCUT2D eigenvalue weighted by Crippen LogP contribution is -2.38. The highest BCUT2D eigenvalue weighted by Gasteiger charge is 2.22. The van der Waals surface area contributed by atoms with Gasteiger partial charge < -0.3 is 10.6 Å². The zero-order chi connectivity index (χ0) is 17.6. The van der Waals surface area contributed by atoms with E-state index in [-0.39, 0.29) is 5.69 Å². The molecule has 0 aliphatic heterocycles. The molecule has 0 saturated heterocycles. The van der Waals surface area contributed by atoms with Crippen LogP contribution in [0.3, 0.4) is 0 Å². The number of benzene rings is 2. The first-order valence-corrected chi connectivity index (χ1v) is 8.92. The Labute approximate surface area is 154 Å². The maximum Gasteiger partial charge on any atom is 0.269 e. The van der Waals surface area contributed by atoms with Crippen LogP contribution in [0.25, 0.3) is 0 Å². The molecule has 2 aromatic rings. The summed E-state index contributed by atoms with van der Waals surface area (Å²) >= 11 is 3.43. The van der Waals surface area contributed by atoms with Gasteiger partial charge >= 0.3 is 0 Å². The number of nitrogens with one attached hydrogen (secondary N) is 2. The summed E-state index contributed by atoms with van der Waals surface area (Å²) in [6.45, 7) is 1.16. The fourth-order valence-electron chi connectivity index (χ4n) is 2.26. The highest BCUT2D eigenvalue weighted by Crippen LogP contribution is 2.18. The van der Waals surface area contributed by atoms with Crippen molar-refractivity contribution in [2.24, 2.45) is 4.99 Å². The fourth-order valence-corrected chi connectivity index (χ4v) is 2.52. The number of hydrogen-bond acceptors (Lipinski definition) is 3. The van der Waals surface area contributed by atoms with Crippen molar-refractivity contribution in [2.45, 2.75) is 32.0 Å². The Morgan fingerprint density at radius 1 is 1.12 bits per heavy atom. The van der Waals surface area contributed by atoms with Crippen LogP contribution in [0.1, 0.15) is 24.0 Å². The Kier molecular flexibility index (Phi) is 5.65. The molecule has 3 rings (SSSR count). The largest absolute Gasteiger partial charge is 0.354 e. The molecule has 0 heterocycles. The smallest absolute Gasteiger partial charge is 0.269 e. The van der Waals surface area contributed by atoms with Gasteiger partial charge in [0, 0.05) is 29.2 Å². The molecule has 0 unspecified atom stereocenters. The van der Waals surface area contributed by atoms with Crippen LogP contribution in [0.5, 0.6) is 0 Å². The maximum absolute atomic E-state index is 10.7. The van der Waals surface area contributed by atoms with Gasteiger partial charge in [-0.2, -0.15) is 0 Å². The van der Waals surface area contributed by atoms with Gasteiger partial charge in [0.15, 0.2) is 5.96 Å². The number of hydrogen-bond donors (Lipinski definition) is 2. The molecular weight excluding hydrogens is 384 g/mol. The van der Waals surface area contributed by atoms with Crippen LogP contribution in [0.15, 0.2) is 58.0 Å². The van der Waals surface area contributed by atoms with Crippen LogP contribution < -0.4 is 10.6 Å². The van der Waals surface area contributed by atoms with E-state index in [0.717, 1.165) is 34.4 Å². The number of nitro benzene ring substituents is 1. The summed E-state index contributed by atoms with van der Waals surface area (Å²) in [5.41, 5.74) is 2.21. The summed E-state index contributed by atoms with van der Waals surface area (Å²) in [4.78, 5) is 14.9. The van der Waals surface area contributed by atoms with E-state index in [1.54, 1.807) is 12.1 Å². The lowest BCUT2D eigenvalue weighted by molar-refractivity contribution is -0.384. The summed E-state index contributed by atoms with van der Waals surface area (Å²) < 4.78 is 1.05. The normalized spacial score (nSPS) is 14.2. The monoisotopic (exact) mass is 402 g/mol. The van der Waals surface area contributed by atoms with Crippen LogP contribution in [-0.4, -0.2) is 16.9 Å². The Bertz CT molecular complexity index is 756. The second kappa shape index (κ2) is 8.11. The van der Waals surface area contributed by atoms with Crippen molar-refractivity contribution in [3.8, 4) is 0 Å². The summed E-state index contributed by atoms with van der Waals surface area (Å²) in [5.74, 6) is 0.767. The first-order valence-electron chi connectivity index (χ1n) is 8.13. The number of nitrogens with zero attached hydrogens (tertiary/aromatic N) is 2. The Morgan fingerprint density at radius 3 is 2.36 bits per heavy atom. The maximum atomic E-state index is 10.7. The summed E-state index contributed by atoms with van der Waals surface area (Å²) in [6.07, 6.45) is 2.33. The van der Waals surface area contributed by atoms with Gasteiger partial charge in [-0.15, -0.1) is 0 Å².